The van der Waals surface area contributed by atoms with Crippen molar-refractivity contribution in [3.05, 3.63) is 29.6 Å². The van der Waals surface area contributed by atoms with E-state index in [2.05, 4.69) is 38.7 Å². The summed E-state index contributed by atoms with van der Waals surface area (Å²) in [7, 11) is -1.06. The fourth-order valence-electron chi connectivity index (χ4n) is 2.89. The highest BCUT2D eigenvalue weighted by atomic mass is 32.2. The SMILES string of the molecule is CNS(=O)(=O)c1cc(C(=O)NCCCc2nnc(SC)n2CC(C)C)ccc1OC. The zero-order chi connectivity index (χ0) is 22.3. The Bertz CT molecular complexity index is 973. The molecular weight excluding hydrogens is 426 g/mol. The third kappa shape index (κ3) is 5.96. The molecule has 1 aromatic carbocycles. The van der Waals surface area contributed by atoms with Crippen molar-refractivity contribution in [2.75, 3.05) is 27.0 Å². The Morgan fingerprint density at radius 1 is 1.30 bits per heavy atom. The highest BCUT2D eigenvalue weighted by Gasteiger charge is 2.20. The second kappa shape index (κ2) is 10.8. The molecule has 0 saturated heterocycles. The Balaban J connectivity index is 2.01. The first-order chi connectivity index (χ1) is 14.2. The molecule has 0 aliphatic carbocycles. The van der Waals surface area contributed by atoms with Crippen LogP contribution in [-0.4, -0.2) is 56.0 Å². The number of nitrogens with zero attached hydrogens (tertiary/aromatic N) is 3. The van der Waals surface area contributed by atoms with Crippen LogP contribution in [0.2, 0.25) is 0 Å². The van der Waals surface area contributed by atoms with Gasteiger partial charge < -0.3 is 14.6 Å². The van der Waals surface area contributed by atoms with E-state index in [1.54, 1.807) is 11.8 Å². The van der Waals surface area contributed by atoms with E-state index in [1.165, 1.54) is 32.4 Å². The Morgan fingerprint density at radius 2 is 2.03 bits per heavy atom. The van der Waals surface area contributed by atoms with E-state index in [0.29, 0.717) is 25.3 Å². The van der Waals surface area contributed by atoms with Crippen LogP contribution in [0.4, 0.5) is 0 Å². The number of rotatable bonds is 11. The van der Waals surface area contributed by atoms with Gasteiger partial charge in [0.15, 0.2) is 5.16 Å². The van der Waals surface area contributed by atoms with Gasteiger partial charge in [-0.15, -0.1) is 10.2 Å². The summed E-state index contributed by atoms with van der Waals surface area (Å²) in [5.74, 6) is 1.20. The topological polar surface area (TPSA) is 115 Å². The van der Waals surface area contributed by atoms with Gasteiger partial charge in [0.05, 0.1) is 7.11 Å². The molecule has 1 heterocycles. The summed E-state index contributed by atoms with van der Waals surface area (Å²) in [5, 5.41) is 12.2. The van der Waals surface area contributed by atoms with E-state index in [4.69, 9.17) is 4.74 Å². The molecule has 2 rings (SSSR count). The molecular formula is C19H29N5O4S2. The standard InChI is InChI=1S/C19H29N5O4S2/c1-13(2)12-24-17(22-23-19(24)29-5)7-6-10-21-18(25)14-8-9-15(28-4)16(11-14)30(26,27)20-3/h8-9,11,13,20H,6-7,10,12H2,1-5H3,(H,21,25). The predicted molar refractivity (Wildman–Crippen MR) is 117 cm³/mol. The minimum Gasteiger partial charge on any atom is -0.495 e. The lowest BCUT2D eigenvalue weighted by atomic mass is 10.2. The summed E-state index contributed by atoms with van der Waals surface area (Å²) in [6.45, 7) is 5.57. The Labute approximate surface area is 182 Å². The number of nitrogens with one attached hydrogen (secondary N) is 2. The molecule has 11 heteroatoms. The molecule has 0 aliphatic heterocycles. The lowest BCUT2D eigenvalue weighted by Gasteiger charge is -2.12. The van der Waals surface area contributed by atoms with Crippen molar-refractivity contribution in [3.63, 3.8) is 0 Å². The number of hydrogen-bond donors (Lipinski definition) is 2. The van der Waals surface area contributed by atoms with Crippen LogP contribution in [0.1, 0.15) is 36.5 Å². The monoisotopic (exact) mass is 455 g/mol. The molecule has 0 aliphatic rings. The van der Waals surface area contributed by atoms with E-state index >= 15 is 0 Å². The Kier molecular flexibility index (Phi) is 8.68. The van der Waals surface area contributed by atoms with Gasteiger partial charge in [0.2, 0.25) is 10.0 Å². The van der Waals surface area contributed by atoms with E-state index in [1.807, 2.05) is 6.26 Å². The number of thioether (sulfide) groups is 1. The maximum Gasteiger partial charge on any atom is 0.251 e. The van der Waals surface area contributed by atoms with E-state index in [0.717, 1.165) is 17.5 Å². The summed E-state index contributed by atoms with van der Waals surface area (Å²) in [4.78, 5) is 12.4. The Morgan fingerprint density at radius 3 is 2.63 bits per heavy atom. The van der Waals surface area contributed by atoms with Gasteiger partial charge in [0, 0.05) is 25.1 Å². The molecule has 30 heavy (non-hydrogen) atoms. The molecule has 0 bridgehead atoms. The highest BCUT2D eigenvalue weighted by Crippen LogP contribution is 2.24. The number of amides is 1. The number of ether oxygens (including phenoxy) is 1. The first-order valence-electron chi connectivity index (χ1n) is 9.59. The summed E-state index contributed by atoms with van der Waals surface area (Å²) >= 11 is 1.56. The van der Waals surface area contributed by atoms with Crippen LogP contribution in [-0.2, 0) is 23.0 Å². The minimum absolute atomic E-state index is 0.0773. The number of aryl methyl sites for hydroxylation is 1. The van der Waals surface area contributed by atoms with Crippen LogP contribution in [0.5, 0.6) is 5.75 Å². The van der Waals surface area contributed by atoms with Gasteiger partial charge in [-0.1, -0.05) is 25.6 Å². The van der Waals surface area contributed by atoms with Gasteiger partial charge in [-0.05, 0) is 43.8 Å². The molecule has 1 amide bonds. The third-order valence-electron chi connectivity index (χ3n) is 4.37. The zero-order valence-corrected chi connectivity index (χ0v) is 19.6. The van der Waals surface area contributed by atoms with Crippen molar-refractivity contribution in [1.82, 2.24) is 24.8 Å². The van der Waals surface area contributed by atoms with Crippen molar-refractivity contribution >= 4 is 27.7 Å². The van der Waals surface area contributed by atoms with Crippen LogP contribution < -0.4 is 14.8 Å². The van der Waals surface area contributed by atoms with Gasteiger partial charge in [-0.2, -0.15) is 0 Å². The maximum absolute atomic E-state index is 12.5. The summed E-state index contributed by atoms with van der Waals surface area (Å²) in [6.07, 6.45) is 3.35. The summed E-state index contributed by atoms with van der Waals surface area (Å²) in [6, 6.07) is 4.31. The number of sulfonamides is 1. The Hall–Kier alpha value is -2.11. The van der Waals surface area contributed by atoms with Crippen LogP contribution in [0.15, 0.2) is 28.3 Å². The van der Waals surface area contributed by atoms with Crippen LogP contribution in [0.25, 0.3) is 0 Å². The first kappa shape index (κ1) is 24.2. The van der Waals surface area contributed by atoms with E-state index in [9.17, 15) is 13.2 Å². The molecule has 0 saturated carbocycles. The summed E-state index contributed by atoms with van der Waals surface area (Å²) < 4.78 is 33.8. The average molecular weight is 456 g/mol. The molecule has 9 nitrogen and oxygen atoms in total. The third-order valence-corrected chi connectivity index (χ3v) is 6.47. The van der Waals surface area contributed by atoms with E-state index < -0.39 is 10.0 Å². The lowest BCUT2D eigenvalue weighted by molar-refractivity contribution is 0.0953. The summed E-state index contributed by atoms with van der Waals surface area (Å²) in [5.41, 5.74) is 0.247. The molecule has 2 aromatic rings. The van der Waals surface area contributed by atoms with Gasteiger partial charge in [0.25, 0.3) is 5.91 Å². The van der Waals surface area contributed by atoms with Crippen LogP contribution in [0.3, 0.4) is 0 Å². The second-order valence-corrected chi connectivity index (χ2v) is 9.67. The molecule has 166 valence electrons. The molecule has 0 fully saturated rings. The van der Waals surface area contributed by atoms with Crippen molar-refractivity contribution in [1.29, 1.82) is 0 Å². The number of aromatic nitrogens is 3. The molecule has 0 radical (unpaired) electrons. The molecule has 0 atom stereocenters. The fraction of sp³-hybridized carbons (Fsp3) is 0.526. The molecule has 2 N–H and O–H groups in total. The molecule has 1 aromatic heterocycles. The number of methoxy groups -OCH3 is 1. The van der Waals surface area contributed by atoms with Crippen molar-refractivity contribution in [2.24, 2.45) is 5.92 Å². The number of carbonyl (C=O) groups excluding carboxylic acids is 1. The normalized spacial score (nSPS) is 11.7. The van der Waals surface area contributed by atoms with Gasteiger partial charge in [-0.3, -0.25) is 4.79 Å². The number of benzene rings is 1. The average Bonchev–Trinajstić information content (AvgIpc) is 3.11. The number of carbonyl (C=O) groups is 1. The number of hydrogen-bond acceptors (Lipinski definition) is 7. The predicted octanol–water partition coefficient (Wildman–Crippen LogP) is 1.94. The van der Waals surface area contributed by atoms with Crippen molar-refractivity contribution in [2.45, 2.75) is 43.3 Å². The van der Waals surface area contributed by atoms with Crippen LogP contribution in [0, 0.1) is 5.92 Å². The largest absolute Gasteiger partial charge is 0.495 e. The zero-order valence-electron chi connectivity index (χ0n) is 17.9. The minimum atomic E-state index is -3.75. The maximum atomic E-state index is 12.5. The molecule has 0 unspecified atom stereocenters. The van der Waals surface area contributed by atoms with Gasteiger partial charge >= 0.3 is 0 Å². The second-order valence-electron chi connectivity index (χ2n) is 7.04. The van der Waals surface area contributed by atoms with Gasteiger partial charge in [-0.25, -0.2) is 13.1 Å². The quantitative estimate of drug-likeness (QED) is 0.393. The first-order valence-corrected chi connectivity index (χ1v) is 12.3. The lowest BCUT2D eigenvalue weighted by Crippen LogP contribution is -2.26. The van der Waals surface area contributed by atoms with E-state index in [-0.39, 0.29) is 22.1 Å². The molecule has 0 spiro atoms. The smallest absolute Gasteiger partial charge is 0.251 e. The van der Waals surface area contributed by atoms with Crippen LogP contribution >= 0.6 is 11.8 Å². The van der Waals surface area contributed by atoms with Gasteiger partial charge in [0.1, 0.15) is 16.5 Å². The highest BCUT2D eigenvalue weighted by molar-refractivity contribution is 7.98. The van der Waals surface area contributed by atoms with Crippen molar-refractivity contribution < 1.29 is 17.9 Å². The fourth-order valence-corrected chi connectivity index (χ4v) is 4.33. The van der Waals surface area contributed by atoms with Crippen molar-refractivity contribution in [3.8, 4) is 5.75 Å².